The summed E-state index contributed by atoms with van der Waals surface area (Å²) in [6.45, 7) is 0.592. The van der Waals surface area contributed by atoms with Crippen LogP contribution in [0.15, 0.2) is 27.7 Å². The van der Waals surface area contributed by atoms with Crippen molar-refractivity contribution in [2.75, 3.05) is 6.61 Å². The number of halogens is 1. The molecule has 1 aliphatic heterocycles. The maximum atomic E-state index is 8.52. The summed E-state index contributed by atoms with van der Waals surface area (Å²) in [5, 5.41) is 8.52. The van der Waals surface area contributed by atoms with Gasteiger partial charge in [0.05, 0.1) is 12.3 Å². The second-order valence-electron chi connectivity index (χ2n) is 2.90. The molecule has 1 aliphatic rings. The molecule has 0 saturated heterocycles. The second kappa shape index (κ2) is 3.81. The highest BCUT2D eigenvalue weighted by Gasteiger charge is 2.16. The van der Waals surface area contributed by atoms with Gasteiger partial charge in [-0.05, 0) is 18.2 Å². The third kappa shape index (κ3) is 1.64. The van der Waals surface area contributed by atoms with Crippen LogP contribution in [0.5, 0.6) is 5.75 Å². The lowest BCUT2D eigenvalue weighted by atomic mass is 10.0. The Morgan fingerprint density at radius 1 is 1.50 bits per heavy atom. The number of fused-ring (bicyclic) bond motifs is 1. The van der Waals surface area contributed by atoms with Crippen molar-refractivity contribution in [2.45, 2.75) is 6.42 Å². The third-order valence-corrected chi connectivity index (χ3v) is 2.53. The SMILES string of the molecule is N#CN=C1CCOc2ccc(Br)cc21. The van der Waals surface area contributed by atoms with Crippen molar-refractivity contribution in [1.82, 2.24) is 0 Å². The van der Waals surface area contributed by atoms with Gasteiger partial charge in [0.15, 0.2) is 0 Å². The Labute approximate surface area is 90.2 Å². The molecule has 0 atom stereocenters. The molecule has 0 aliphatic carbocycles. The van der Waals surface area contributed by atoms with E-state index < -0.39 is 0 Å². The average molecular weight is 251 g/mol. The first kappa shape index (κ1) is 9.22. The molecule has 0 amide bonds. The van der Waals surface area contributed by atoms with Crippen molar-refractivity contribution in [2.24, 2.45) is 4.99 Å². The van der Waals surface area contributed by atoms with Gasteiger partial charge >= 0.3 is 0 Å². The number of nitrogens with zero attached hydrogens (tertiary/aromatic N) is 2. The maximum Gasteiger partial charge on any atom is 0.205 e. The highest BCUT2D eigenvalue weighted by molar-refractivity contribution is 9.10. The molecule has 1 aromatic rings. The van der Waals surface area contributed by atoms with Gasteiger partial charge in [-0.25, -0.2) is 0 Å². The highest BCUT2D eigenvalue weighted by Crippen LogP contribution is 2.28. The van der Waals surface area contributed by atoms with E-state index in [4.69, 9.17) is 10.00 Å². The van der Waals surface area contributed by atoms with Crippen LogP contribution in [0.3, 0.4) is 0 Å². The zero-order chi connectivity index (χ0) is 9.97. The minimum absolute atomic E-state index is 0.592. The molecule has 70 valence electrons. The van der Waals surface area contributed by atoms with Crippen LogP contribution in [0, 0.1) is 11.5 Å². The van der Waals surface area contributed by atoms with Gasteiger partial charge in [0, 0.05) is 16.5 Å². The van der Waals surface area contributed by atoms with Crippen LogP contribution in [0.2, 0.25) is 0 Å². The second-order valence-corrected chi connectivity index (χ2v) is 3.81. The Kier molecular flexibility index (Phi) is 2.51. The summed E-state index contributed by atoms with van der Waals surface area (Å²) in [6, 6.07) is 5.71. The largest absolute Gasteiger partial charge is 0.492 e. The van der Waals surface area contributed by atoms with E-state index in [2.05, 4.69) is 20.9 Å². The van der Waals surface area contributed by atoms with E-state index in [0.29, 0.717) is 13.0 Å². The maximum absolute atomic E-state index is 8.52. The summed E-state index contributed by atoms with van der Waals surface area (Å²) in [7, 11) is 0. The van der Waals surface area contributed by atoms with Gasteiger partial charge in [0.2, 0.25) is 6.19 Å². The Morgan fingerprint density at radius 3 is 3.14 bits per heavy atom. The summed E-state index contributed by atoms with van der Waals surface area (Å²) < 4.78 is 6.41. The van der Waals surface area contributed by atoms with Gasteiger partial charge in [-0.2, -0.15) is 10.3 Å². The fourth-order valence-electron chi connectivity index (χ4n) is 1.42. The first-order chi connectivity index (χ1) is 6.81. The lowest BCUT2D eigenvalue weighted by Crippen LogP contribution is -2.15. The molecule has 1 aromatic carbocycles. The Morgan fingerprint density at radius 2 is 2.36 bits per heavy atom. The number of ether oxygens (including phenoxy) is 1. The topological polar surface area (TPSA) is 45.4 Å². The summed E-state index contributed by atoms with van der Waals surface area (Å²) in [5.74, 6) is 0.799. The van der Waals surface area contributed by atoms with Crippen LogP contribution in [-0.2, 0) is 0 Å². The van der Waals surface area contributed by atoms with Crippen LogP contribution < -0.4 is 4.74 Å². The minimum Gasteiger partial charge on any atom is -0.492 e. The molecule has 0 fully saturated rings. The van der Waals surface area contributed by atoms with Gasteiger partial charge in [-0.15, -0.1) is 0 Å². The number of hydrogen-bond donors (Lipinski definition) is 0. The van der Waals surface area contributed by atoms with E-state index in [0.717, 1.165) is 21.5 Å². The monoisotopic (exact) mass is 250 g/mol. The number of nitriles is 1. The molecule has 0 N–H and O–H groups in total. The molecule has 0 spiro atoms. The van der Waals surface area contributed by atoms with Gasteiger partial charge in [0.1, 0.15) is 5.75 Å². The first-order valence-electron chi connectivity index (χ1n) is 4.19. The number of hydrogen-bond acceptors (Lipinski definition) is 3. The summed E-state index contributed by atoms with van der Waals surface area (Å²) >= 11 is 3.38. The zero-order valence-electron chi connectivity index (χ0n) is 7.33. The fourth-order valence-corrected chi connectivity index (χ4v) is 1.78. The molecular formula is C10H7BrN2O. The van der Waals surface area contributed by atoms with Crippen LogP contribution in [-0.4, -0.2) is 12.3 Å². The van der Waals surface area contributed by atoms with Crippen LogP contribution in [0.1, 0.15) is 12.0 Å². The summed E-state index contributed by atoms with van der Waals surface area (Å²) in [4.78, 5) is 3.79. The van der Waals surface area contributed by atoms with Crippen molar-refractivity contribution in [3.63, 3.8) is 0 Å². The standard InChI is InChI=1S/C10H7BrN2O/c11-7-1-2-10-8(5-7)9(13-6-12)3-4-14-10/h1-2,5H,3-4H2. The van der Waals surface area contributed by atoms with Crippen LogP contribution in [0.25, 0.3) is 0 Å². The van der Waals surface area contributed by atoms with Gasteiger partial charge in [-0.3, -0.25) is 0 Å². The fraction of sp³-hybridized carbons (Fsp3) is 0.200. The molecule has 4 heteroatoms. The quantitative estimate of drug-likeness (QED) is 0.665. The molecule has 3 nitrogen and oxygen atoms in total. The van der Waals surface area contributed by atoms with E-state index in [9.17, 15) is 0 Å². The van der Waals surface area contributed by atoms with Crippen molar-refractivity contribution >= 4 is 21.6 Å². The lowest BCUT2D eigenvalue weighted by Gasteiger charge is -2.18. The molecule has 14 heavy (non-hydrogen) atoms. The molecule has 0 radical (unpaired) electrons. The average Bonchev–Trinajstić information content (AvgIpc) is 2.19. The smallest absolute Gasteiger partial charge is 0.205 e. The van der Waals surface area contributed by atoms with Crippen molar-refractivity contribution in [3.8, 4) is 11.9 Å². The van der Waals surface area contributed by atoms with Gasteiger partial charge < -0.3 is 4.74 Å². The van der Waals surface area contributed by atoms with Gasteiger partial charge in [-0.1, -0.05) is 15.9 Å². The number of aliphatic imine (C=N–C) groups is 1. The minimum atomic E-state index is 0.592. The van der Waals surface area contributed by atoms with Crippen LogP contribution >= 0.6 is 15.9 Å². The van der Waals surface area contributed by atoms with E-state index in [1.165, 1.54) is 0 Å². The van der Waals surface area contributed by atoms with E-state index in [1.807, 2.05) is 24.4 Å². The Balaban J connectivity index is 2.53. The van der Waals surface area contributed by atoms with Crippen molar-refractivity contribution < 1.29 is 4.74 Å². The highest BCUT2D eigenvalue weighted by atomic mass is 79.9. The first-order valence-corrected chi connectivity index (χ1v) is 4.99. The summed E-state index contributed by atoms with van der Waals surface area (Å²) in [5.41, 5.74) is 1.71. The lowest BCUT2D eigenvalue weighted by molar-refractivity contribution is 0.320. The van der Waals surface area contributed by atoms with Crippen LogP contribution in [0.4, 0.5) is 0 Å². The number of rotatable bonds is 0. The normalized spacial score (nSPS) is 17.0. The zero-order valence-corrected chi connectivity index (χ0v) is 8.91. The predicted molar refractivity (Wildman–Crippen MR) is 56.4 cm³/mol. The predicted octanol–water partition coefficient (Wildman–Crippen LogP) is 2.50. The molecule has 0 saturated carbocycles. The molecular weight excluding hydrogens is 244 g/mol. The summed E-state index contributed by atoms with van der Waals surface area (Å²) in [6.07, 6.45) is 2.51. The van der Waals surface area contributed by atoms with E-state index in [-0.39, 0.29) is 0 Å². The van der Waals surface area contributed by atoms with E-state index >= 15 is 0 Å². The van der Waals surface area contributed by atoms with Crippen molar-refractivity contribution in [3.05, 3.63) is 28.2 Å². The molecule has 0 unspecified atom stereocenters. The molecule has 2 rings (SSSR count). The van der Waals surface area contributed by atoms with Crippen molar-refractivity contribution in [1.29, 1.82) is 5.26 Å². The molecule has 1 heterocycles. The number of benzene rings is 1. The Bertz CT molecular complexity index is 434. The van der Waals surface area contributed by atoms with E-state index in [1.54, 1.807) is 0 Å². The third-order valence-electron chi connectivity index (χ3n) is 2.03. The Hall–Kier alpha value is -1.34. The van der Waals surface area contributed by atoms with Gasteiger partial charge in [0.25, 0.3) is 0 Å². The molecule has 0 aromatic heterocycles. The molecule has 0 bridgehead atoms.